The monoisotopic (exact) mass is 204 g/mol. The Bertz CT molecular complexity index is 327. The second-order valence-corrected chi connectivity index (χ2v) is 4.56. The molecule has 2 rings (SSSR count). The van der Waals surface area contributed by atoms with Gasteiger partial charge in [0.15, 0.2) is 0 Å². The largest absolute Gasteiger partial charge is 0.330 e. The number of hydrogen-bond acceptors (Lipinski definition) is 2. The zero-order valence-corrected chi connectivity index (χ0v) is 9.50. The first-order valence-electron chi connectivity index (χ1n) is 5.97. The van der Waals surface area contributed by atoms with Crippen molar-refractivity contribution in [3.05, 3.63) is 29.6 Å². The summed E-state index contributed by atoms with van der Waals surface area (Å²) in [6.45, 7) is 2.89. The Morgan fingerprint density at radius 3 is 2.67 bits per heavy atom. The molecule has 1 aromatic heterocycles. The van der Waals surface area contributed by atoms with Crippen LogP contribution < -0.4 is 5.73 Å². The molecule has 82 valence electrons. The maximum atomic E-state index is 5.95. The van der Waals surface area contributed by atoms with E-state index in [0.717, 1.165) is 13.0 Å². The van der Waals surface area contributed by atoms with Crippen LogP contribution in [0.5, 0.6) is 0 Å². The Labute approximate surface area is 91.9 Å². The van der Waals surface area contributed by atoms with Crippen LogP contribution in [-0.2, 0) is 11.8 Å². The Balaban J connectivity index is 2.33. The van der Waals surface area contributed by atoms with Crippen molar-refractivity contribution in [1.29, 1.82) is 0 Å². The SMILES string of the molecule is CCc1cccc(C2(CN)CCCC2)n1. The molecule has 2 N–H and O–H groups in total. The molecule has 0 atom stereocenters. The van der Waals surface area contributed by atoms with Crippen LogP contribution in [-0.4, -0.2) is 11.5 Å². The summed E-state index contributed by atoms with van der Waals surface area (Å²) in [5.41, 5.74) is 8.55. The summed E-state index contributed by atoms with van der Waals surface area (Å²) in [4.78, 5) is 4.74. The molecule has 15 heavy (non-hydrogen) atoms. The van der Waals surface area contributed by atoms with Crippen LogP contribution in [0.3, 0.4) is 0 Å². The summed E-state index contributed by atoms with van der Waals surface area (Å²) in [6, 6.07) is 6.37. The number of rotatable bonds is 3. The average Bonchev–Trinajstić information content (AvgIpc) is 2.79. The van der Waals surface area contributed by atoms with Crippen molar-refractivity contribution in [1.82, 2.24) is 4.98 Å². The van der Waals surface area contributed by atoms with Crippen LogP contribution in [0.1, 0.15) is 44.0 Å². The molecule has 0 saturated heterocycles. The van der Waals surface area contributed by atoms with E-state index in [4.69, 9.17) is 10.7 Å². The lowest BCUT2D eigenvalue weighted by molar-refractivity contribution is 0.438. The quantitative estimate of drug-likeness (QED) is 0.821. The highest BCUT2D eigenvalue weighted by Gasteiger charge is 2.35. The van der Waals surface area contributed by atoms with Gasteiger partial charge in [0.2, 0.25) is 0 Å². The Morgan fingerprint density at radius 1 is 1.33 bits per heavy atom. The zero-order valence-electron chi connectivity index (χ0n) is 9.50. The van der Waals surface area contributed by atoms with Gasteiger partial charge in [0.1, 0.15) is 0 Å². The van der Waals surface area contributed by atoms with Crippen LogP contribution >= 0.6 is 0 Å². The second-order valence-electron chi connectivity index (χ2n) is 4.56. The number of aromatic nitrogens is 1. The van der Waals surface area contributed by atoms with Crippen LogP contribution in [0.2, 0.25) is 0 Å². The van der Waals surface area contributed by atoms with E-state index in [1.54, 1.807) is 0 Å². The third kappa shape index (κ3) is 1.91. The predicted molar refractivity (Wildman–Crippen MR) is 62.8 cm³/mol. The minimum atomic E-state index is 0.186. The van der Waals surface area contributed by atoms with Gasteiger partial charge in [0, 0.05) is 23.3 Å². The van der Waals surface area contributed by atoms with Gasteiger partial charge < -0.3 is 5.73 Å². The summed E-state index contributed by atoms with van der Waals surface area (Å²) in [7, 11) is 0. The van der Waals surface area contributed by atoms with E-state index in [9.17, 15) is 0 Å². The van der Waals surface area contributed by atoms with Gasteiger partial charge in [0.05, 0.1) is 0 Å². The molecular weight excluding hydrogens is 184 g/mol. The van der Waals surface area contributed by atoms with Crippen molar-refractivity contribution in [3.63, 3.8) is 0 Å². The van der Waals surface area contributed by atoms with Gasteiger partial charge in [-0.3, -0.25) is 4.98 Å². The molecule has 0 amide bonds. The molecule has 0 aromatic carbocycles. The van der Waals surface area contributed by atoms with Crippen LogP contribution in [0, 0.1) is 0 Å². The fourth-order valence-corrected chi connectivity index (χ4v) is 2.59. The lowest BCUT2D eigenvalue weighted by atomic mass is 9.82. The third-order valence-electron chi connectivity index (χ3n) is 3.66. The van der Waals surface area contributed by atoms with Crippen molar-refractivity contribution in [2.75, 3.05) is 6.54 Å². The lowest BCUT2D eigenvalue weighted by Gasteiger charge is -2.26. The number of nitrogens with zero attached hydrogens (tertiary/aromatic N) is 1. The molecule has 0 radical (unpaired) electrons. The maximum absolute atomic E-state index is 5.95. The molecule has 2 heteroatoms. The highest BCUT2D eigenvalue weighted by molar-refractivity contribution is 5.22. The van der Waals surface area contributed by atoms with E-state index in [1.807, 2.05) is 0 Å². The fourth-order valence-electron chi connectivity index (χ4n) is 2.59. The number of aryl methyl sites for hydroxylation is 1. The lowest BCUT2D eigenvalue weighted by Crippen LogP contribution is -2.33. The number of pyridine rings is 1. The second kappa shape index (κ2) is 4.31. The summed E-state index contributed by atoms with van der Waals surface area (Å²) in [5, 5.41) is 0. The van der Waals surface area contributed by atoms with Crippen LogP contribution in [0.25, 0.3) is 0 Å². The number of hydrogen-bond donors (Lipinski definition) is 1. The summed E-state index contributed by atoms with van der Waals surface area (Å²) in [6.07, 6.45) is 6.03. The van der Waals surface area contributed by atoms with Crippen LogP contribution in [0.15, 0.2) is 18.2 Å². The third-order valence-corrected chi connectivity index (χ3v) is 3.66. The smallest absolute Gasteiger partial charge is 0.0481 e. The molecular formula is C13H20N2. The highest BCUT2D eigenvalue weighted by Crippen LogP contribution is 2.39. The Morgan fingerprint density at radius 2 is 2.07 bits per heavy atom. The number of nitrogens with two attached hydrogens (primary N) is 1. The molecule has 2 nitrogen and oxygen atoms in total. The Hall–Kier alpha value is -0.890. The topological polar surface area (TPSA) is 38.9 Å². The van der Waals surface area contributed by atoms with E-state index in [0.29, 0.717) is 0 Å². The van der Waals surface area contributed by atoms with Crippen LogP contribution in [0.4, 0.5) is 0 Å². The van der Waals surface area contributed by atoms with Gasteiger partial charge >= 0.3 is 0 Å². The standard InChI is InChI=1S/C13H20N2/c1-2-11-6-5-7-12(15-11)13(10-14)8-3-4-9-13/h5-7H,2-4,8-10,14H2,1H3. The molecule has 0 bridgehead atoms. The van der Waals surface area contributed by atoms with Gasteiger partial charge in [0.25, 0.3) is 0 Å². The van der Waals surface area contributed by atoms with Gasteiger partial charge in [-0.25, -0.2) is 0 Å². The first-order chi connectivity index (χ1) is 7.30. The molecule has 1 saturated carbocycles. The molecule has 1 aliphatic rings. The van der Waals surface area contributed by atoms with Crippen molar-refractivity contribution in [2.24, 2.45) is 5.73 Å². The normalized spacial score (nSPS) is 19.3. The van der Waals surface area contributed by atoms with Gasteiger partial charge in [-0.15, -0.1) is 0 Å². The van der Waals surface area contributed by atoms with E-state index < -0.39 is 0 Å². The van der Waals surface area contributed by atoms with Crippen molar-refractivity contribution in [2.45, 2.75) is 44.4 Å². The first kappa shape index (κ1) is 10.6. The molecule has 1 aromatic rings. The van der Waals surface area contributed by atoms with E-state index in [2.05, 4.69) is 25.1 Å². The predicted octanol–water partition coefficient (Wildman–Crippen LogP) is 2.41. The molecule has 1 heterocycles. The molecule has 0 unspecified atom stereocenters. The van der Waals surface area contributed by atoms with E-state index in [-0.39, 0.29) is 5.41 Å². The van der Waals surface area contributed by atoms with Crippen molar-refractivity contribution in [3.8, 4) is 0 Å². The molecule has 0 aliphatic heterocycles. The van der Waals surface area contributed by atoms with E-state index >= 15 is 0 Å². The summed E-state index contributed by atoms with van der Waals surface area (Å²) in [5.74, 6) is 0. The van der Waals surface area contributed by atoms with Gasteiger partial charge in [-0.2, -0.15) is 0 Å². The summed E-state index contributed by atoms with van der Waals surface area (Å²) >= 11 is 0. The maximum Gasteiger partial charge on any atom is 0.0481 e. The first-order valence-corrected chi connectivity index (χ1v) is 5.97. The average molecular weight is 204 g/mol. The summed E-state index contributed by atoms with van der Waals surface area (Å²) < 4.78 is 0. The van der Waals surface area contributed by atoms with E-state index in [1.165, 1.54) is 37.1 Å². The zero-order chi connectivity index (χ0) is 10.7. The van der Waals surface area contributed by atoms with Crippen molar-refractivity contribution >= 4 is 0 Å². The fraction of sp³-hybridized carbons (Fsp3) is 0.615. The molecule has 1 fully saturated rings. The minimum Gasteiger partial charge on any atom is -0.330 e. The van der Waals surface area contributed by atoms with Gasteiger partial charge in [-0.1, -0.05) is 25.8 Å². The minimum absolute atomic E-state index is 0.186. The highest BCUT2D eigenvalue weighted by atomic mass is 14.8. The Kier molecular flexibility index (Phi) is 3.06. The van der Waals surface area contributed by atoms with Crippen molar-refractivity contribution < 1.29 is 0 Å². The molecule has 0 spiro atoms. The molecule has 1 aliphatic carbocycles. The van der Waals surface area contributed by atoms with Gasteiger partial charge in [-0.05, 0) is 31.4 Å².